The maximum atomic E-state index is 13.7. The van der Waals surface area contributed by atoms with E-state index in [0.717, 1.165) is 31.0 Å². The van der Waals surface area contributed by atoms with Crippen molar-refractivity contribution in [1.29, 1.82) is 0 Å². The molecule has 2 saturated carbocycles. The van der Waals surface area contributed by atoms with Gasteiger partial charge in [-0.3, -0.25) is 14.9 Å². The van der Waals surface area contributed by atoms with Gasteiger partial charge in [0.05, 0.1) is 10.6 Å². The number of nitrogens with zero attached hydrogens (tertiary/aromatic N) is 1. The van der Waals surface area contributed by atoms with Crippen LogP contribution in [0.4, 0.5) is 15.8 Å². The van der Waals surface area contributed by atoms with E-state index in [1.54, 1.807) is 0 Å². The van der Waals surface area contributed by atoms with E-state index < -0.39 is 16.4 Å². The summed E-state index contributed by atoms with van der Waals surface area (Å²) in [5, 5.41) is 17.5. The smallest absolute Gasteiger partial charge is 0.292 e. The van der Waals surface area contributed by atoms with Gasteiger partial charge in [0.15, 0.2) is 0 Å². The zero-order valence-electron chi connectivity index (χ0n) is 18.3. The minimum absolute atomic E-state index is 0.0522. The molecule has 1 amide bonds. The first-order valence-electron chi connectivity index (χ1n) is 11.2. The Bertz CT molecular complexity index is 1010. The minimum Gasteiger partial charge on any atom is -0.362 e. The molecular weight excluding hydrogens is 411 g/mol. The van der Waals surface area contributed by atoms with E-state index in [1.807, 2.05) is 24.3 Å². The average molecular weight is 441 g/mol. The SMILES string of the molecule is CCc1ccc(C(=O)NC(CC)C2C3CC(N)(Nc4cc(F)ccc4[N+](=O)[O-])C[C@@H]32)cc1. The molecular formula is C24H29FN4O3. The molecule has 2 aromatic carbocycles. The summed E-state index contributed by atoms with van der Waals surface area (Å²) in [5.74, 6) is 0.362. The Labute approximate surface area is 186 Å². The summed E-state index contributed by atoms with van der Waals surface area (Å²) in [6.45, 7) is 4.14. The molecule has 4 rings (SSSR count). The van der Waals surface area contributed by atoms with Crippen molar-refractivity contribution < 1.29 is 14.1 Å². The summed E-state index contributed by atoms with van der Waals surface area (Å²) >= 11 is 0. The molecule has 0 spiro atoms. The minimum atomic E-state index is -0.831. The lowest BCUT2D eigenvalue weighted by molar-refractivity contribution is -0.384. The summed E-state index contributed by atoms with van der Waals surface area (Å²) in [7, 11) is 0. The number of nitrogens with one attached hydrogen (secondary N) is 2. The second kappa shape index (κ2) is 8.50. The Hall–Kier alpha value is -3.00. The molecule has 7 nitrogen and oxygen atoms in total. The van der Waals surface area contributed by atoms with E-state index in [0.29, 0.717) is 36.2 Å². The summed E-state index contributed by atoms with van der Waals surface area (Å²) in [5.41, 5.74) is 7.43. The van der Waals surface area contributed by atoms with Crippen LogP contribution < -0.4 is 16.4 Å². The van der Waals surface area contributed by atoms with Crippen LogP contribution in [-0.2, 0) is 6.42 Å². The third-order valence-corrected chi connectivity index (χ3v) is 6.98. The third-order valence-electron chi connectivity index (χ3n) is 6.98. The van der Waals surface area contributed by atoms with Crippen LogP contribution in [0.25, 0.3) is 0 Å². The maximum absolute atomic E-state index is 13.7. The molecule has 0 radical (unpaired) electrons. The third kappa shape index (κ3) is 4.32. The number of hydrogen-bond acceptors (Lipinski definition) is 5. The van der Waals surface area contributed by atoms with E-state index in [9.17, 15) is 19.3 Å². The molecule has 2 aliphatic carbocycles. The van der Waals surface area contributed by atoms with Crippen molar-refractivity contribution in [2.75, 3.05) is 5.32 Å². The normalized spacial score (nSPS) is 26.8. The van der Waals surface area contributed by atoms with Crippen LogP contribution >= 0.6 is 0 Å². The van der Waals surface area contributed by atoms with Crippen molar-refractivity contribution in [3.8, 4) is 0 Å². The van der Waals surface area contributed by atoms with Gasteiger partial charge in [-0.05, 0) is 67.2 Å². The predicted molar refractivity (Wildman–Crippen MR) is 121 cm³/mol. The number of carbonyl (C=O) groups is 1. The molecule has 0 heterocycles. The number of hydrogen-bond donors (Lipinski definition) is 3. The van der Waals surface area contributed by atoms with Gasteiger partial charge in [-0.15, -0.1) is 0 Å². The van der Waals surface area contributed by atoms with Crippen LogP contribution in [0.3, 0.4) is 0 Å². The summed E-state index contributed by atoms with van der Waals surface area (Å²) < 4.78 is 13.7. The molecule has 0 bridgehead atoms. The van der Waals surface area contributed by atoms with E-state index in [-0.39, 0.29) is 23.3 Å². The first kappa shape index (κ1) is 22.2. The summed E-state index contributed by atoms with van der Waals surface area (Å²) in [6, 6.07) is 11.0. The van der Waals surface area contributed by atoms with E-state index in [1.165, 1.54) is 5.56 Å². The molecule has 2 aliphatic rings. The van der Waals surface area contributed by atoms with Crippen molar-refractivity contribution in [1.82, 2.24) is 5.32 Å². The molecule has 0 aromatic heterocycles. The fraction of sp³-hybridized carbons (Fsp3) is 0.458. The first-order valence-corrected chi connectivity index (χ1v) is 11.2. The molecule has 2 aromatic rings. The van der Waals surface area contributed by atoms with Gasteiger partial charge in [-0.1, -0.05) is 26.0 Å². The average Bonchev–Trinajstić information content (AvgIpc) is 3.28. The van der Waals surface area contributed by atoms with Gasteiger partial charge in [-0.25, -0.2) is 4.39 Å². The van der Waals surface area contributed by atoms with E-state index in [4.69, 9.17) is 5.73 Å². The number of nitro groups is 1. The van der Waals surface area contributed by atoms with Crippen molar-refractivity contribution in [3.05, 3.63) is 69.5 Å². The standard InChI is InChI=1S/C24H29FN4O3/c1-3-14-5-7-15(8-6-14)23(30)27-19(4-2)22-17-12-24(26,13-18(17)22)28-20-11-16(25)9-10-21(20)29(31)32/h5-11,17-19,22,28H,3-4,12-13,26H2,1-2H3,(H,27,30)/t17-,18?,19?,22?,24?/m0/s1. The molecule has 2 fully saturated rings. The molecule has 0 saturated heterocycles. The molecule has 0 aliphatic heterocycles. The summed E-state index contributed by atoms with van der Waals surface area (Å²) in [4.78, 5) is 23.5. The van der Waals surface area contributed by atoms with Crippen LogP contribution in [0.2, 0.25) is 0 Å². The number of nitro benzene ring substituents is 1. The topological polar surface area (TPSA) is 110 Å². The predicted octanol–water partition coefficient (Wildman–Crippen LogP) is 4.23. The maximum Gasteiger partial charge on any atom is 0.292 e. The number of carbonyl (C=O) groups excluding carboxylic acids is 1. The van der Waals surface area contributed by atoms with Crippen molar-refractivity contribution >= 4 is 17.3 Å². The molecule has 4 N–H and O–H groups in total. The number of anilines is 1. The zero-order chi connectivity index (χ0) is 23.0. The van der Waals surface area contributed by atoms with Crippen LogP contribution in [0.15, 0.2) is 42.5 Å². The van der Waals surface area contributed by atoms with Crippen molar-refractivity contribution in [2.24, 2.45) is 23.5 Å². The Morgan fingerprint density at radius 1 is 1.22 bits per heavy atom. The van der Waals surface area contributed by atoms with Crippen LogP contribution in [0.5, 0.6) is 0 Å². The zero-order valence-corrected chi connectivity index (χ0v) is 18.3. The highest BCUT2D eigenvalue weighted by Gasteiger charge is 2.62. The van der Waals surface area contributed by atoms with Crippen molar-refractivity contribution in [2.45, 2.75) is 51.2 Å². The largest absolute Gasteiger partial charge is 0.362 e. The van der Waals surface area contributed by atoms with E-state index >= 15 is 0 Å². The summed E-state index contributed by atoms with van der Waals surface area (Å²) in [6.07, 6.45) is 2.98. The van der Waals surface area contributed by atoms with Gasteiger partial charge in [0.2, 0.25) is 0 Å². The molecule has 5 atom stereocenters. The van der Waals surface area contributed by atoms with Gasteiger partial charge >= 0.3 is 0 Å². The number of amides is 1. The van der Waals surface area contributed by atoms with Gasteiger partial charge in [0.1, 0.15) is 11.5 Å². The Morgan fingerprint density at radius 3 is 2.44 bits per heavy atom. The Kier molecular flexibility index (Phi) is 5.90. The van der Waals surface area contributed by atoms with Crippen LogP contribution in [0.1, 0.15) is 49.0 Å². The molecule has 32 heavy (non-hydrogen) atoms. The Balaban J connectivity index is 1.39. The second-order valence-corrected chi connectivity index (χ2v) is 9.05. The molecule has 170 valence electrons. The second-order valence-electron chi connectivity index (χ2n) is 9.05. The number of halogens is 1. The number of fused-ring (bicyclic) bond motifs is 1. The number of rotatable bonds is 8. The van der Waals surface area contributed by atoms with Crippen LogP contribution in [0, 0.1) is 33.7 Å². The molecule has 8 heteroatoms. The highest BCUT2D eigenvalue weighted by Crippen LogP contribution is 2.62. The van der Waals surface area contributed by atoms with Crippen molar-refractivity contribution in [3.63, 3.8) is 0 Å². The fourth-order valence-corrected chi connectivity index (χ4v) is 5.32. The van der Waals surface area contributed by atoms with Crippen LogP contribution in [-0.4, -0.2) is 22.5 Å². The lowest BCUT2D eigenvalue weighted by Crippen LogP contribution is -2.48. The first-order chi connectivity index (χ1) is 15.2. The number of nitrogens with two attached hydrogens (primary N) is 1. The highest BCUT2D eigenvalue weighted by atomic mass is 19.1. The highest BCUT2D eigenvalue weighted by molar-refractivity contribution is 5.94. The fourth-order valence-electron chi connectivity index (χ4n) is 5.32. The monoisotopic (exact) mass is 440 g/mol. The van der Waals surface area contributed by atoms with Gasteiger partial charge in [0.25, 0.3) is 11.6 Å². The molecule has 4 unspecified atom stereocenters. The van der Waals surface area contributed by atoms with Gasteiger partial charge < -0.3 is 16.4 Å². The Morgan fingerprint density at radius 2 is 1.88 bits per heavy atom. The quantitative estimate of drug-likeness (QED) is 0.323. The number of benzene rings is 2. The van der Waals surface area contributed by atoms with Gasteiger partial charge in [-0.2, -0.15) is 0 Å². The lowest BCUT2D eigenvalue weighted by Gasteiger charge is -2.31. The lowest BCUT2D eigenvalue weighted by atomic mass is 9.95. The number of aryl methyl sites for hydroxylation is 1. The van der Waals surface area contributed by atoms with Gasteiger partial charge in [0, 0.05) is 23.7 Å². The van der Waals surface area contributed by atoms with E-state index in [2.05, 4.69) is 24.5 Å².